The summed E-state index contributed by atoms with van der Waals surface area (Å²) in [6, 6.07) is 9.00. The van der Waals surface area contributed by atoms with Crippen molar-refractivity contribution in [1.29, 1.82) is 0 Å². The molecule has 134 valence electrons. The summed E-state index contributed by atoms with van der Waals surface area (Å²) in [7, 11) is 0. The van der Waals surface area contributed by atoms with Crippen molar-refractivity contribution in [3.05, 3.63) is 70.0 Å². The molecule has 7 heteroatoms. The molecule has 1 amide bonds. The van der Waals surface area contributed by atoms with Gasteiger partial charge in [0.05, 0.1) is 18.2 Å². The predicted molar refractivity (Wildman–Crippen MR) is 94.2 cm³/mol. The molecule has 1 aliphatic heterocycles. The van der Waals surface area contributed by atoms with Crippen molar-refractivity contribution >= 4 is 11.6 Å². The number of nitrogens with zero attached hydrogens (tertiary/aromatic N) is 3. The Kier molecular flexibility index (Phi) is 4.28. The lowest BCUT2D eigenvalue weighted by molar-refractivity contribution is -0.134. The van der Waals surface area contributed by atoms with Gasteiger partial charge in [0.15, 0.2) is 5.65 Å². The number of benzene rings is 1. The predicted octanol–water partition coefficient (Wildman–Crippen LogP) is 2.46. The number of H-pyrrole nitrogens is 1. The average molecular weight is 354 g/mol. The summed E-state index contributed by atoms with van der Waals surface area (Å²) in [6.45, 7) is 0.638. The number of amides is 1. The number of nitrogens with one attached hydrogen (secondary N) is 1. The first-order chi connectivity index (χ1) is 12.6. The first kappa shape index (κ1) is 16.5. The lowest BCUT2D eigenvalue weighted by Crippen LogP contribution is -2.40. The Morgan fingerprint density at radius 1 is 1.23 bits per heavy atom. The van der Waals surface area contributed by atoms with Gasteiger partial charge < -0.3 is 4.90 Å². The van der Waals surface area contributed by atoms with Crippen LogP contribution in [0.3, 0.4) is 0 Å². The normalized spacial score (nSPS) is 17.6. The second-order valence-corrected chi connectivity index (χ2v) is 6.58. The second-order valence-electron chi connectivity index (χ2n) is 6.58. The zero-order chi connectivity index (χ0) is 18.1. The van der Waals surface area contributed by atoms with Crippen LogP contribution in [0, 0.1) is 5.82 Å². The number of carbonyl (C=O) groups is 1. The average Bonchev–Trinajstić information content (AvgIpc) is 3.13. The SMILES string of the molecule is O=C(Cc1ccc(F)cc1)N1CCCC[C@H]1c1cc(=O)n2[nH]ccc2n1. The molecule has 4 rings (SSSR count). The van der Waals surface area contributed by atoms with Crippen molar-refractivity contribution in [2.24, 2.45) is 0 Å². The molecular formula is C19H19FN4O2. The second kappa shape index (κ2) is 6.74. The third-order valence-corrected chi connectivity index (χ3v) is 4.83. The summed E-state index contributed by atoms with van der Waals surface area (Å²) in [5.41, 5.74) is 1.76. The number of fused-ring (bicyclic) bond motifs is 1. The van der Waals surface area contributed by atoms with E-state index in [1.165, 1.54) is 22.7 Å². The van der Waals surface area contributed by atoms with Crippen LogP contribution in [-0.2, 0) is 11.2 Å². The van der Waals surface area contributed by atoms with Gasteiger partial charge in [0, 0.05) is 24.9 Å². The first-order valence-corrected chi connectivity index (χ1v) is 8.73. The summed E-state index contributed by atoms with van der Waals surface area (Å²) < 4.78 is 14.4. The minimum Gasteiger partial charge on any atom is -0.334 e. The van der Waals surface area contributed by atoms with E-state index in [0.29, 0.717) is 17.9 Å². The molecule has 6 nitrogen and oxygen atoms in total. The van der Waals surface area contributed by atoms with E-state index in [9.17, 15) is 14.0 Å². The van der Waals surface area contributed by atoms with E-state index in [0.717, 1.165) is 24.8 Å². The third kappa shape index (κ3) is 3.12. The van der Waals surface area contributed by atoms with E-state index in [1.807, 2.05) is 0 Å². The maximum absolute atomic E-state index is 13.1. The van der Waals surface area contributed by atoms with Gasteiger partial charge in [-0.05, 0) is 37.0 Å². The van der Waals surface area contributed by atoms with Crippen LogP contribution >= 0.6 is 0 Å². The molecule has 0 bridgehead atoms. The Labute approximate surface area is 149 Å². The number of hydrogen-bond donors (Lipinski definition) is 1. The van der Waals surface area contributed by atoms with Crippen LogP contribution in [0.15, 0.2) is 47.4 Å². The monoisotopic (exact) mass is 354 g/mol. The van der Waals surface area contributed by atoms with Crippen molar-refractivity contribution in [3.8, 4) is 0 Å². The molecule has 1 aromatic carbocycles. The Balaban J connectivity index is 1.61. The molecule has 2 aromatic heterocycles. The Morgan fingerprint density at radius 2 is 2.04 bits per heavy atom. The molecule has 0 radical (unpaired) electrons. The first-order valence-electron chi connectivity index (χ1n) is 8.73. The quantitative estimate of drug-likeness (QED) is 0.785. The number of rotatable bonds is 3. The zero-order valence-electron chi connectivity index (χ0n) is 14.2. The van der Waals surface area contributed by atoms with Gasteiger partial charge in [-0.1, -0.05) is 12.1 Å². The van der Waals surface area contributed by atoms with E-state index in [4.69, 9.17) is 0 Å². The molecule has 3 aromatic rings. The number of piperidine rings is 1. The van der Waals surface area contributed by atoms with E-state index in [-0.39, 0.29) is 29.7 Å². The zero-order valence-corrected chi connectivity index (χ0v) is 14.2. The van der Waals surface area contributed by atoms with Gasteiger partial charge >= 0.3 is 0 Å². The van der Waals surface area contributed by atoms with Gasteiger partial charge in [-0.3, -0.25) is 14.7 Å². The number of halogens is 1. The van der Waals surface area contributed by atoms with Gasteiger partial charge in [-0.25, -0.2) is 13.9 Å². The van der Waals surface area contributed by atoms with Crippen LogP contribution in [0.4, 0.5) is 4.39 Å². The third-order valence-electron chi connectivity index (χ3n) is 4.83. The van der Waals surface area contributed by atoms with Gasteiger partial charge in [0.2, 0.25) is 5.91 Å². The number of aromatic nitrogens is 3. The summed E-state index contributed by atoms with van der Waals surface area (Å²) in [5, 5.41) is 2.82. The lowest BCUT2D eigenvalue weighted by atomic mass is 9.98. The standard InChI is InChI=1S/C19H19FN4O2/c20-14-6-4-13(5-7-14)11-18(25)23-10-2-1-3-16(23)15-12-19(26)24-17(22-15)8-9-21-24/h4-9,12,16,21H,1-3,10-11H2/t16-/m0/s1. The van der Waals surface area contributed by atoms with Crippen molar-refractivity contribution < 1.29 is 9.18 Å². The Morgan fingerprint density at radius 3 is 2.85 bits per heavy atom. The van der Waals surface area contributed by atoms with Gasteiger partial charge in [0.25, 0.3) is 5.56 Å². The molecule has 0 saturated carbocycles. The summed E-state index contributed by atoms with van der Waals surface area (Å²) in [4.78, 5) is 31.5. The van der Waals surface area contributed by atoms with Crippen LogP contribution in [0.5, 0.6) is 0 Å². The summed E-state index contributed by atoms with van der Waals surface area (Å²) in [5.74, 6) is -0.348. The number of likely N-dealkylation sites (tertiary alicyclic amines) is 1. The molecule has 1 saturated heterocycles. The molecule has 1 fully saturated rings. The van der Waals surface area contributed by atoms with Gasteiger partial charge in [-0.15, -0.1) is 0 Å². The van der Waals surface area contributed by atoms with Crippen LogP contribution in [-0.4, -0.2) is 31.9 Å². The number of hydrogen-bond acceptors (Lipinski definition) is 3. The molecule has 1 atom stereocenters. The number of carbonyl (C=O) groups excluding carboxylic acids is 1. The van der Waals surface area contributed by atoms with Crippen LogP contribution in [0.2, 0.25) is 0 Å². The molecule has 0 unspecified atom stereocenters. The van der Waals surface area contributed by atoms with E-state index >= 15 is 0 Å². The van der Waals surface area contributed by atoms with E-state index < -0.39 is 0 Å². The fourth-order valence-corrected chi connectivity index (χ4v) is 3.53. The lowest BCUT2D eigenvalue weighted by Gasteiger charge is -2.35. The van der Waals surface area contributed by atoms with E-state index in [1.54, 1.807) is 29.3 Å². The highest BCUT2D eigenvalue weighted by Gasteiger charge is 2.29. The minimum absolute atomic E-state index is 0.0302. The van der Waals surface area contributed by atoms with Crippen molar-refractivity contribution in [2.45, 2.75) is 31.7 Å². The molecule has 3 heterocycles. The highest BCUT2D eigenvalue weighted by atomic mass is 19.1. The maximum Gasteiger partial charge on any atom is 0.272 e. The van der Waals surface area contributed by atoms with Crippen molar-refractivity contribution in [3.63, 3.8) is 0 Å². The fraction of sp³-hybridized carbons (Fsp3) is 0.316. The Hall–Kier alpha value is -2.96. The van der Waals surface area contributed by atoms with Crippen LogP contribution < -0.4 is 5.56 Å². The molecule has 0 spiro atoms. The van der Waals surface area contributed by atoms with Crippen molar-refractivity contribution in [2.75, 3.05) is 6.54 Å². The molecule has 26 heavy (non-hydrogen) atoms. The van der Waals surface area contributed by atoms with Gasteiger partial charge in [0.1, 0.15) is 5.82 Å². The smallest absolute Gasteiger partial charge is 0.272 e. The molecule has 0 aliphatic carbocycles. The maximum atomic E-state index is 13.1. The minimum atomic E-state index is -0.318. The number of aromatic amines is 1. The molecule has 1 N–H and O–H groups in total. The van der Waals surface area contributed by atoms with Crippen LogP contribution in [0.25, 0.3) is 5.65 Å². The van der Waals surface area contributed by atoms with Crippen LogP contribution in [0.1, 0.15) is 36.6 Å². The Bertz CT molecular complexity index is 993. The summed E-state index contributed by atoms with van der Waals surface area (Å²) in [6.07, 6.45) is 4.56. The highest BCUT2D eigenvalue weighted by molar-refractivity contribution is 5.79. The molecular weight excluding hydrogens is 335 g/mol. The summed E-state index contributed by atoms with van der Waals surface area (Å²) >= 11 is 0. The molecule has 1 aliphatic rings. The highest BCUT2D eigenvalue weighted by Crippen LogP contribution is 2.30. The largest absolute Gasteiger partial charge is 0.334 e. The fourth-order valence-electron chi connectivity index (χ4n) is 3.53. The van der Waals surface area contributed by atoms with E-state index in [2.05, 4.69) is 10.1 Å². The van der Waals surface area contributed by atoms with Crippen molar-refractivity contribution in [1.82, 2.24) is 19.5 Å². The topological polar surface area (TPSA) is 70.5 Å². The van der Waals surface area contributed by atoms with Gasteiger partial charge in [-0.2, -0.15) is 0 Å².